The second-order valence-corrected chi connectivity index (χ2v) is 7.04. The molecule has 0 saturated heterocycles. The van der Waals surface area contributed by atoms with Gasteiger partial charge < -0.3 is 5.32 Å². The van der Waals surface area contributed by atoms with Gasteiger partial charge in [0.15, 0.2) is 0 Å². The van der Waals surface area contributed by atoms with Crippen LogP contribution in [0.25, 0.3) is 0 Å². The Morgan fingerprint density at radius 2 is 1.89 bits per heavy atom. The lowest BCUT2D eigenvalue weighted by Gasteiger charge is -2.20. The molecule has 96 valence electrons. The molecule has 0 saturated carbocycles. The van der Waals surface area contributed by atoms with Crippen molar-refractivity contribution >= 4 is 43.2 Å². The van der Waals surface area contributed by atoms with Gasteiger partial charge in [0, 0.05) is 25.9 Å². The largest absolute Gasteiger partial charge is 0.303 e. The first-order valence-corrected chi connectivity index (χ1v) is 8.29. The van der Waals surface area contributed by atoms with Crippen molar-refractivity contribution in [1.82, 2.24) is 5.32 Å². The molecule has 2 aromatic rings. The van der Waals surface area contributed by atoms with E-state index in [0.29, 0.717) is 12.1 Å². The Labute approximate surface area is 129 Å². The number of thiophene rings is 1. The highest BCUT2D eigenvalue weighted by atomic mass is 79.9. The Kier molecular flexibility index (Phi) is 5.01. The Morgan fingerprint density at radius 1 is 1.11 bits per heavy atom. The maximum absolute atomic E-state index is 3.62. The van der Waals surface area contributed by atoms with Crippen molar-refractivity contribution in [1.29, 1.82) is 0 Å². The number of rotatable bonds is 4. The molecule has 1 heterocycles. The van der Waals surface area contributed by atoms with Crippen molar-refractivity contribution < 1.29 is 0 Å². The van der Waals surface area contributed by atoms with Gasteiger partial charge in [-0.1, -0.05) is 44.0 Å². The van der Waals surface area contributed by atoms with E-state index in [4.69, 9.17) is 0 Å². The van der Waals surface area contributed by atoms with Crippen LogP contribution in [0.3, 0.4) is 0 Å². The van der Waals surface area contributed by atoms with Crippen LogP contribution in [-0.2, 0) is 0 Å². The Bertz CT molecular complexity index is 511. The number of hydrogen-bond acceptors (Lipinski definition) is 2. The third-order valence-electron chi connectivity index (χ3n) is 2.90. The quantitative estimate of drug-likeness (QED) is 0.709. The molecule has 2 rings (SSSR count). The first kappa shape index (κ1) is 14.3. The zero-order valence-electron chi connectivity index (χ0n) is 10.3. The summed E-state index contributed by atoms with van der Waals surface area (Å²) in [6.07, 6.45) is 0. The number of benzene rings is 1. The highest BCUT2D eigenvalue weighted by Gasteiger charge is 2.14. The molecular formula is C14H15Br2NS. The van der Waals surface area contributed by atoms with E-state index < -0.39 is 0 Å². The molecule has 4 heteroatoms. The Hall–Kier alpha value is -0.160. The first-order chi connectivity index (χ1) is 8.58. The highest BCUT2D eigenvalue weighted by Crippen LogP contribution is 2.29. The van der Waals surface area contributed by atoms with Gasteiger partial charge in [0.05, 0.1) is 0 Å². The van der Waals surface area contributed by atoms with Crippen LogP contribution in [0.15, 0.2) is 44.7 Å². The van der Waals surface area contributed by atoms with E-state index in [1.165, 1.54) is 10.4 Å². The minimum absolute atomic E-state index is 0.310. The molecule has 1 nitrogen and oxygen atoms in total. The summed E-state index contributed by atoms with van der Waals surface area (Å²) in [7, 11) is 0. The van der Waals surface area contributed by atoms with Gasteiger partial charge in [-0.15, -0.1) is 11.3 Å². The van der Waals surface area contributed by atoms with E-state index in [-0.39, 0.29) is 0 Å². The summed E-state index contributed by atoms with van der Waals surface area (Å²) >= 11 is 8.89. The fourth-order valence-corrected chi connectivity index (χ4v) is 4.07. The lowest BCUT2D eigenvalue weighted by molar-refractivity contribution is 0.499. The summed E-state index contributed by atoms with van der Waals surface area (Å²) in [5.74, 6) is 0. The van der Waals surface area contributed by atoms with Crippen molar-refractivity contribution in [3.05, 3.63) is 55.1 Å². The second kappa shape index (κ2) is 6.33. The van der Waals surface area contributed by atoms with Crippen LogP contribution < -0.4 is 5.32 Å². The van der Waals surface area contributed by atoms with Gasteiger partial charge in [0.25, 0.3) is 0 Å². The average Bonchev–Trinajstić information content (AvgIpc) is 2.81. The lowest BCUT2D eigenvalue weighted by atomic mass is 10.1. The molecule has 1 aromatic heterocycles. The fraction of sp³-hybridized carbons (Fsp3) is 0.286. The van der Waals surface area contributed by atoms with E-state index in [9.17, 15) is 0 Å². The number of hydrogen-bond donors (Lipinski definition) is 1. The van der Waals surface area contributed by atoms with Crippen LogP contribution in [0.2, 0.25) is 0 Å². The standard InChI is InChI=1S/C14H15Br2NS/c1-9(12-6-5-11(15)8-13(12)16)17-10(2)14-4-3-7-18-14/h3-10,17H,1-2H3. The van der Waals surface area contributed by atoms with Gasteiger partial charge in [-0.3, -0.25) is 0 Å². The van der Waals surface area contributed by atoms with Crippen molar-refractivity contribution in [3.63, 3.8) is 0 Å². The predicted molar refractivity (Wildman–Crippen MR) is 86.1 cm³/mol. The molecule has 2 unspecified atom stereocenters. The zero-order chi connectivity index (χ0) is 13.1. The monoisotopic (exact) mass is 387 g/mol. The molecule has 0 radical (unpaired) electrons. The van der Waals surface area contributed by atoms with E-state index >= 15 is 0 Å². The molecule has 0 aliphatic heterocycles. The summed E-state index contributed by atoms with van der Waals surface area (Å²) in [4.78, 5) is 1.37. The maximum atomic E-state index is 3.62. The van der Waals surface area contributed by atoms with E-state index in [1.807, 2.05) is 0 Å². The fourth-order valence-electron chi connectivity index (χ4n) is 1.94. The smallest absolute Gasteiger partial charge is 0.0391 e. The van der Waals surface area contributed by atoms with Gasteiger partial charge in [-0.05, 0) is 43.0 Å². The third kappa shape index (κ3) is 3.44. The van der Waals surface area contributed by atoms with Crippen LogP contribution in [0.4, 0.5) is 0 Å². The summed E-state index contributed by atoms with van der Waals surface area (Å²) in [6.45, 7) is 4.40. The Morgan fingerprint density at radius 3 is 2.50 bits per heavy atom. The van der Waals surface area contributed by atoms with Crippen LogP contribution in [0.5, 0.6) is 0 Å². The molecule has 1 N–H and O–H groups in total. The maximum Gasteiger partial charge on any atom is 0.0391 e. The second-order valence-electron chi connectivity index (χ2n) is 4.29. The van der Waals surface area contributed by atoms with Crippen LogP contribution in [0, 0.1) is 0 Å². The van der Waals surface area contributed by atoms with Crippen molar-refractivity contribution in [2.45, 2.75) is 25.9 Å². The first-order valence-electron chi connectivity index (χ1n) is 5.82. The van der Waals surface area contributed by atoms with Gasteiger partial charge in [0.2, 0.25) is 0 Å². The zero-order valence-corrected chi connectivity index (χ0v) is 14.3. The Balaban J connectivity index is 2.10. The van der Waals surface area contributed by atoms with Gasteiger partial charge in [0.1, 0.15) is 0 Å². The van der Waals surface area contributed by atoms with E-state index in [1.54, 1.807) is 11.3 Å². The summed E-state index contributed by atoms with van der Waals surface area (Å²) in [6, 6.07) is 11.3. The summed E-state index contributed by atoms with van der Waals surface area (Å²) < 4.78 is 2.23. The average molecular weight is 389 g/mol. The van der Waals surface area contributed by atoms with Crippen LogP contribution >= 0.6 is 43.2 Å². The van der Waals surface area contributed by atoms with E-state index in [2.05, 4.69) is 86.7 Å². The number of halogens is 2. The molecule has 2 atom stereocenters. The van der Waals surface area contributed by atoms with Crippen molar-refractivity contribution in [2.75, 3.05) is 0 Å². The molecule has 0 aliphatic carbocycles. The molecule has 0 fully saturated rings. The topological polar surface area (TPSA) is 12.0 Å². The molecular weight excluding hydrogens is 374 g/mol. The number of nitrogens with one attached hydrogen (secondary N) is 1. The normalized spacial score (nSPS) is 14.4. The van der Waals surface area contributed by atoms with Crippen LogP contribution in [0.1, 0.15) is 36.4 Å². The molecule has 0 bridgehead atoms. The van der Waals surface area contributed by atoms with E-state index in [0.717, 1.165) is 8.95 Å². The molecule has 1 aromatic carbocycles. The summed E-state index contributed by atoms with van der Waals surface area (Å²) in [5.41, 5.74) is 1.28. The molecule has 0 aliphatic rings. The van der Waals surface area contributed by atoms with Crippen LogP contribution in [-0.4, -0.2) is 0 Å². The SMILES string of the molecule is CC(NC(C)c1ccc(Br)cc1Br)c1cccs1. The van der Waals surface area contributed by atoms with Gasteiger partial charge >= 0.3 is 0 Å². The minimum atomic E-state index is 0.310. The van der Waals surface area contributed by atoms with Crippen molar-refractivity contribution in [2.24, 2.45) is 0 Å². The molecule has 18 heavy (non-hydrogen) atoms. The molecule has 0 amide bonds. The lowest BCUT2D eigenvalue weighted by Crippen LogP contribution is -2.22. The van der Waals surface area contributed by atoms with Crippen molar-refractivity contribution in [3.8, 4) is 0 Å². The third-order valence-corrected chi connectivity index (χ3v) is 5.13. The molecule has 0 spiro atoms. The summed E-state index contributed by atoms with van der Waals surface area (Å²) in [5, 5.41) is 5.74. The predicted octanol–water partition coefficient (Wildman–Crippen LogP) is 5.68. The van der Waals surface area contributed by atoms with Gasteiger partial charge in [-0.25, -0.2) is 0 Å². The minimum Gasteiger partial charge on any atom is -0.303 e. The van der Waals surface area contributed by atoms with Gasteiger partial charge in [-0.2, -0.15) is 0 Å². The highest BCUT2D eigenvalue weighted by molar-refractivity contribution is 9.11.